The second kappa shape index (κ2) is 6.98. The molecule has 2 aromatic rings. The van der Waals surface area contributed by atoms with Gasteiger partial charge in [0.1, 0.15) is 5.15 Å². The van der Waals surface area contributed by atoms with Crippen molar-refractivity contribution in [2.45, 2.75) is 32.5 Å². The van der Waals surface area contributed by atoms with Gasteiger partial charge in [-0.2, -0.15) is 0 Å². The van der Waals surface area contributed by atoms with Crippen molar-refractivity contribution in [1.82, 2.24) is 14.9 Å². The molecule has 1 N–H and O–H groups in total. The van der Waals surface area contributed by atoms with Gasteiger partial charge in [0.2, 0.25) is 0 Å². The molecule has 0 aliphatic carbocycles. The molecule has 2 rings (SSSR count). The Morgan fingerprint density at radius 2 is 1.95 bits per heavy atom. The van der Waals surface area contributed by atoms with Crippen LogP contribution >= 0.6 is 11.6 Å². The second-order valence-corrected chi connectivity index (χ2v) is 6.02. The van der Waals surface area contributed by atoms with Crippen molar-refractivity contribution in [2.24, 2.45) is 0 Å². The molecule has 0 aromatic carbocycles. The van der Waals surface area contributed by atoms with Gasteiger partial charge < -0.3 is 5.11 Å². The summed E-state index contributed by atoms with van der Waals surface area (Å²) < 4.78 is 0. The average Bonchev–Trinajstić information content (AvgIpc) is 2.50. The fraction of sp³-hybridized carbons (Fsp3) is 0.375. The summed E-state index contributed by atoms with van der Waals surface area (Å²) in [6.45, 7) is 5.44. The van der Waals surface area contributed by atoms with Crippen molar-refractivity contribution in [1.29, 1.82) is 0 Å². The van der Waals surface area contributed by atoms with Crippen LogP contribution in [-0.2, 0) is 13.1 Å². The maximum absolute atomic E-state index is 9.67. The standard InChI is InChI=1S/C16H20ClN3O/c1-16(2,12-21)20(11-14-5-3-4-8-18-14)10-13-6-7-15(17)19-9-13/h3-9,21H,10-12H2,1-2H3. The van der Waals surface area contributed by atoms with Crippen LogP contribution in [0, 0.1) is 0 Å². The van der Waals surface area contributed by atoms with E-state index in [4.69, 9.17) is 11.6 Å². The number of pyridine rings is 2. The van der Waals surface area contributed by atoms with E-state index in [2.05, 4.69) is 14.9 Å². The van der Waals surface area contributed by atoms with Crippen LogP contribution in [0.1, 0.15) is 25.1 Å². The molecular formula is C16H20ClN3O. The highest BCUT2D eigenvalue weighted by Gasteiger charge is 2.26. The first-order chi connectivity index (χ1) is 10.0. The van der Waals surface area contributed by atoms with Gasteiger partial charge >= 0.3 is 0 Å². The van der Waals surface area contributed by atoms with Crippen molar-refractivity contribution < 1.29 is 5.11 Å². The Bertz CT molecular complexity index is 557. The van der Waals surface area contributed by atoms with Crippen LogP contribution in [0.4, 0.5) is 0 Å². The molecule has 0 unspecified atom stereocenters. The summed E-state index contributed by atoms with van der Waals surface area (Å²) >= 11 is 5.82. The van der Waals surface area contributed by atoms with E-state index in [0.29, 0.717) is 18.2 Å². The SMILES string of the molecule is CC(C)(CO)N(Cc1ccc(Cl)nc1)Cc1ccccn1. The normalized spacial score (nSPS) is 11.9. The first-order valence-corrected chi connectivity index (χ1v) is 7.25. The molecule has 0 saturated heterocycles. The number of hydrogen-bond acceptors (Lipinski definition) is 4. The number of aliphatic hydroxyl groups is 1. The number of halogens is 1. The van der Waals surface area contributed by atoms with Crippen LogP contribution < -0.4 is 0 Å². The van der Waals surface area contributed by atoms with E-state index in [0.717, 1.165) is 11.3 Å². The van der Waals surface area contributed by atoms with Crippen molar-refractivity contribution in [3.8, 4) is 0 Å². The van der Waals surface area contributed by atoms with Crippen LogP contribution in [0.2, 0.25) is 5.15 Å². The van der Waals surface area contributed by atoms with Crippen LogP contribution in [0.5, 0.6) is 0 Å². The lowest BCUT2D eigenvalue weighted by molar-refractivity contribution is 0.0429. The van der Waals surface area contributed by atoms with E-state index in [1.165, 1.54) is 0 Å². The maximum atomic E-state index is 9.67. The molecule has 0 aliphatic heterocycles. The lowest BCUT2D eigenvalue weighted by Gasteiger charge is -2.37. The molecule has 2 heterocycles. The van der Waals surface area contributed by atoms with Gasteiger partial charge in [-0.1, -0.05) is 23.7 Å². The summed E-state index contributed by atoms with van der Waals surface area (Å²) in [5, 5.41) is 10.1. The van der Waals surface area contributed by atoms with E-state index in [9.17, 15) is 5.11 Å². The molecule has 0 saturated carbocycles. The third kappa shape index (κ3) is 4.49. The predicted octanol–water partition coefficient (Wildman–Crippen LogP) is 2.90. The zero-order valence-electron chi connectivity index (χ0n) is 12.3. The molecule has 0 amide bonds. The molecule has 21 heavy (non-hydrogen) atoms. The fourth-order valence-electron chi connectivity index (χ4n) is 1.99. The average molecular weight is 306 g/mol. The zero-order valence-corrected chi connectivity index (χ0v) is 13.1. The largest absolute Gasteiger partial charge is 0.394 e. The first kappa shape index (κ1) is 15.9. The van der Waals surface area contributed by atoms with Gasteiger partial charge in [-0.25, -0.2) is 4.98 Å². The minimum absolute atomic E-state index is 0.0703. The van der Waals surface area contributed by atoms with E-state index >= 15 is 0 Å². The minimum atomic E-state index is -0.350. The molecular weight excluding hydrogens is 286 g/mol. The van der Waals surface area contributed by atoms with E-state index < -0.39 is 0 Å². The third-order valence-electron chi connectivity index (χ3n) is 3.48. The van der Waals surface area contributed by atoms with Gasteiger partial charge in [0, 0.05) is 31.0 Å². The highest BCUT2D eigenvalue weighted by atomic mass is 35.5. The molecule has 0 bridgehead atoms. The van der Waals surface area contributed by atoms with Gasteiger partial charge in [-0.05, 0) is 37.6 Å². The Balaban J connectivity index is 2.18. The second-order valence-electron chi connectivity index (χ2n) is 5.64. The maximum Gasteiger partial charge on any atom is 0.129 e. The predicted molar refractivity (Wildman–Crippen MR) is 83.9 cm³/mol. The van der Waals surface area contributed by atoms with Gasteiger partial charge in [0.15, 0.2) is 0 Å². The summed E-state index contributed by atoms with van der Waals surface area (Å²) in [7, 11) is 0. The molecule has 0 radical (unpaired) electrons. The molecule has 0 aliphatic rings. The van der Waals surface area contributed by atoms with Gasteiger partial charge in [0.05, 0.1) is 12.3 Å². The molecule has 112 valence electrons. The number of hydrogen-bond donors (Lipinski definition) is 1. The Kier molecular flexibility index (Phi) is 5.28. The van der Waals surface area contributed by atoms with Crippen molar-refractivity contribution in [3.05, 3.63) is 59.1 Å². The van der Waals surface area contributed by atoms with Crippen molar-refractivity contribution in [2.75, 3.05) is 6.61 Å². The molecule has 0 fully saturated rings. The molecule has 4 nitrogen and oxygen atoms in total. The zero-order chi connectivity index (χ0) is 15.3. The van der Waals surface area contributed by atoms with E-state index in [1.54, 1.807) is 18.5 Å². The number of rotatable bonds is 6. The quantitative estimate of drug-likeness (QED) is 0.834. The fourth-order valence-corrected chi connectivity index (χ4v) is 2.10. The molecule has 2 aromatic heterocycles. The number of aliphatic hydroxyl groups excluding tert-OH is 1. The van der Waals surface area contributed by atoms with Gasteiger partial charge in [-0.15, -0.1) is 0 Å². The molecule has 0 atom stereocenters. The first-order valence-electron chi connectivity index (χ1n) is 6.87. The van der Waals surface area contributed by atoms with Crippen molar-refractivity contribution in [3.63, 3.8) is 0 Å². The van der Waals surface area contributed by atoms with Crippen LogP contribution in [0.15, 0.2) is 42.7 Å². The minimum Gasteiger partial charge on any atom is -0.394 e. The van der Waals surface area contributed by atoms with Crippen LogP contribution in [0.25, 0.3) is 0 Å². The monoisotopic (exact) mass is 305 g/mol. The van der Waals surface area contributed by atoms with Crippen LogP contribution in [-0.4, -0.2) is 32.1 Å². The molecule has 0 spiro atoms. The number of nitrogens with zero attached hydrogens (tertiary/aromatic N) is 3. The van der Waals surface area contributed by atoms with E-state index in [-0.39, 0.29) is 12.1 Å². The van der Waals surface area contributed by atoms with Gasteiger partial charge in [0.25, 0.3) is 0 Å². The lowest BCUT2D eigenvalue weighted by Crippen LogP contribution is -2.45. The summed E-state index contributed by atoms with van der Waals surface area (Å²) in [6, 6.07) is 9.58. The Morgan fingerprint density at radius 1 is 1.14 bits per heavy atom. The summed E-state index contributed by atoms with van der Waals surface area (Å²) in [6.07, 6.45) is 3.55. The Morgan fingerprint density at radius 3 is 2.52 bits per heavy atom. The van der Waals surface area contributed by atoms with Gasteiger partial charge in [-0.3, -0.25) is 9.88 Å². The Labute approximate surface area is 130 Å². The number of aromatic nitrogens is 2. The molecule has 5 heteroatoms. The lowest BCUT2D eigenvalue weighted by atomic mass is 10.0. The van der Waals surface area contributed by atoms with E-state index in [1.807, 2.05) is 38.1 Å². The van der Waals surface area contributed by atoms with Crippen molar-refractivity contribution >= 4 is 11.6 Å². The smallest absolute Gasteiger partial charge is 0.129 e. The Hall–Kier alpha value is -1.49. The third-order valence-corrected chi connectivity index (χ3v) is 3.71. The highest BCUT2D eigenvalue weighted by molar-refractivity contribution is 6.29. The van der Waals surface area contributed by atoms with Crippen LogP contribution in [0.3, 0.4) is 0 Å². The summed E-state index contributed by atoms with van der Waals surface area (Å²) in [5.41, 5.74) is 1.68. The summed E-state index contributed by atoms with van der Waals surface area (Å²) in [5.74, 6) is 0. The topological polar surface area (TPSA) is 49.2 Å². The highest BCUT2D eigenvalue weighted by Crippen LogP contribution is 2.20. The summed E-state index contributed by atoms with van der Waals surface area (Å²) in [4.78, 5) is 10.7.